The molecule has 1 heterocycles. The number of nitro groups is 1. The van der Waals surface area contributed by atoms with Crippen LogP contribution in [0.1, 0.15) is 12.0 Å². The topological polar surface area (TPSA) is 87.0 Å². The van der Waals surface area contributed by atoms with Crippen LogP contribution in [0.25, 0.3) is 0 Å². The summed E-state index contributed by atoms with van der Waals surface area (Å²) in [7, 11) is -0.300. The maximum Gasteiger partial charge on any atom is 0.416 e. The van der Waals surface area contributed by atoms with Crippen LogP contribution in [0.3, 0.4) is 0 Å². The van der Waals surface area contributed by atoms with Crippen molar-refractivity contribution in [3.05, 3.63) is 33.9 Å². The van der Waals surface area contributed by atoms with Gasteiger partial charge in [-0.1, -0.05) is 0 Å². The van der Waals surface area contributed by atoms with E-state index in [0.717, 1.165) is 12.1 Å². The second-order valence-corrected chi connectivity index (χ2v) is 9.04. The lowest BCUT2D eigenvalue weighted by molar-refractivity contribution is -0.384. The summed E-state index contributed by atoms with van der Waals surface area (Å²) in [6.45, 7) is 2.47. The van der Waals surface area contributed by atoms with Gasteiger partial charge in [0.1, 0.15) is 5.69 Å². The number of benzene rings is 1. The molecular weight excluding hydrogens is 401 g/mol. The molecule has 0 atom stereocenters. The van der Waals surface area contributed by atoms with Crippen LogP contribution in [0, 0.1) is 10.1 Å². The maximum atomic E-state index is 12.8. The molecule has 0 aliphatic carbocycles. The summed E-state index contributed by atoms with van der Waals surface area (Å²) < 4.78 is 63.2. The molecule has 0 aromatic heterocycles. The van der Waals surface area contributed by atoms with E-state index in [4.69, 9.17) is 0 Å². The molecule has 0 bridgehead atoms. The predicted octanol–water partition coefficient (Wildman–Crippen LogP) is 2.02. The van der Waals surface area contributed by atoms with Crippen LogP contribution in [0.5, 0.6) is 0 Å². The van der Waals surface area contributed by atoms with Crippen molar-refractivity contribution in [2.24, 2.45) is 0 Å². The second-order valence-electron chi connectivity index (χ2n) is 6.74. The zero-order valence-electron chi connectivity index (χ0n) is 15.6. The quantitative estimate of drug-likeness (QED) is 0.492. The third-order valence-electron chi connectivity index (χ3n) is 4.65. The first kappa shape index (κ1) is 22.4. The predicted molar refractivity (Wildman–Crippen MR) is 98.8 cm³/mol. The molecule has 1 fully saturated rings. The highest BCUT2D eigenvalue weighted by atomic mass is 32.2. The smallest absolute Gasteiger partial charge is 0.363 e. The molecule has 1 aliphatic heterocycles. The first-order valence-electron chi connectivity index (χ1n) is 8.65. The van der Waals surface area contributed by atoms with Crippen molar-refractivity contribution in [1.29, 1.82) is 0 Å². The Morgan fingerprint density at radius 1 is 1.18 bits per heavy atom. The van der Waals surface area contributed by atoms with Gasteiger partial charge in [-0.25, -0.2) is 12.7 Å². The first-order chi connectivity index (χ1) is 12.9. The highest BCUT2D eigenvalue weighted by Crippen LogP contribution is 2.36. The Bertz CT molecular complexity index is 807. The average Bonchev–Trinajstić information content (AvgIpc) is 2.60. The van der Waals surface area contributed by atoms with Gasteiger partial charge in [0.25, 0.3) is 5.69 Å². The van der Waals surface area contributed by atoms with Crippen LogP contribution in [0.4, 0.5) is 24.5 Å². The fraction of sp³-hybridized carbons (Fsp3) is 0.625. The van der Waals surface area contributed by atoms with Crippen LogP contribution in [0.2, 0.25) is 0 Å². The monoisotopic (exact) mass is 424 g/mol. The Morgan fingerprint density at radius 2 is 1.79 bits per heavy atom. The van der Waals surface area contributed by atoms with Gasteiger partial charge in [-0.3, -0.25) is 15.0 Å². The zero-order chi connectivity index (χ0) is 21.1. The Labute approximate surface area is 161 Å². The molecule has 8 nitrogen and oxygen atoms in total. The van der Waals surface area contributed by atoms with Gasteiger partial charge < -0.3 is 4.90 Å². The van der Waals surface area contributed by atoms with Crippen LogP contribution >= 0.6 is 0 Å². The molecule has 1 aliphatic rings. The first-order valence-corrected chi connectivity index (χ1v) is 10.3. The lowest BCUT2D eigenvalue weighted by Gasteiger charge is -2.35. The molecule has 2 rings (SSSR count). The Kier molecular flexibility index (Phi) is 6.88. The van der Waals surface area contributed by atoms with E-state index in [1.165, 1.54) is 18.4 Å². The molecule has 1 saturated heterocycles. The van der Waals surface area contributed by atoms with Crippen molar-refractivity contribution in [2.75, 3.05) is 57.5 Å². The standard InChI is InChI=1S/C16H23F3N4O4S/c1-20(2)28(26,27)11-3-6-21-7-9-22(10-8-21)14-5-4-13(16(17,18)19)12-15(14)23(24)25/h4-5,12H,3,6-11H2,1-2H3. The minimum absolute atomic E-state index is 0.0323. The SMILES string of the molecule is CN(C)S(=O)(=O)CCCN1CCN(c2ccc(C(F)(F)F)cc2[N+](=O)[O-])CC1. The number of halogens is 3. The number of nitro benzene ring substituents is 1. The highest BCUT2D eigenvalue weighted by Gasteiger charge is 2.34. The Hall–Kier alpha value is -1.92. The van der Waals surface area contributed by atoms with Gasteiger partial charge in [0, 0.05) is 46.3 Å². The highest BCUT2D eigenvalue weighted by molar-refractivity contribution is 7.89. The summed E-state index contributed by atoms with van der Waals surface area (Å²) in [5.41, 5.74) is -1.46. The maximum absolute atomic E-state index is 12.8. The minimum Gasteiger partial charge on any atom is -0.363 e. The number of sulfonamides is 1. The summed E-state index contributed by atoms with van der Waals surface area (Å²) >= 11 is 0. The molecule has 0 saturated carbocycles. The van der Waals surface area contributed by atoms with E-state index in [1.807, 2.05) is 4.90 Å². The summed E-state index contributed by atoms with van der Waals surface area (Å²) in [5, 5.41) is 11.2. The van der Waals surface area contributed by atoms with Crippen molar-refractivity contribution >= 4 is 21.4 Å². The third kappa shape index (κ3) is 5.55. The van der Waals surface area contributed by atoms with Crippen molar-refractivity contribution < 1.29 is 26.5 Å². The van der Waals surface area contributed by atoms with Crippen molar-refractivity contribution in [2.45, 2.75) is 12.6 Å². The summed E-state index contributed by atoms with van der Waals surface area (Å²) in [6, 6.07) is 2.55. The minimum atomic E-state index is -4.64. The van der Waals surface area contributed by atoms with Crippen LogP contribution < -0.4 is 4.90 Å². The van der Waals surface area contributed by atoms with Gasteiger partial charge in [-0.15, -0.1) is 0 Å². The molecular formula is C16H23F3N4O4S. The van der Waals surface area contributed by atoms with Gasteiger partial charge in [0.2, 0.25) is 10.0 Å². The van der Waals surface area contributed by atoms with Crippen molar-refractivity contribution in [3.8, 4) is 0 Å². The second kappa shape index (κ2) is 8.62. The van der Waals surface area contributed by atoms with E-state index in [1.54, 1.807) is 4.90 Å². The lowest BCUT2D eigenvalue weighted by Crippen LogP contribution is -2.47. The number of piperazine rings is 1. The number of hydrogen-bond donors (Lipinski definition) is 0. The summed E-state index contributed by atoms with van der Waals surface area (Å²) in [6.07, 6.45) is -4.18. The van der Waals surface area contributed by atoms with Gasteiger partial charge in [0.15, 0.2) is 0 Å². The normalized spacial score (nSPS) is 16.6. The number of alkyl halides is 3. The van der Waals surface area contributed by atoms with E-state index in [2.05, 4.69) is 0 Å². The zero-order valence-corrected chi connectivity index (χ0v) is 16.5. The van der Waals surface area contributed by atoms with Gasteiger partial charge in [-0.2, -0.15) is 13.2 Å². The number of anilines is 1. The van der Waals surface area contributed by atoms with E-state index < -0.39 is 32.4 Å². The van der Waals surface area contributed by atoms with Gasteiger partial charge >= 0.3 is 6.18 Å². The molecule has 0 amide bonds. The molecule has 0 spiro atoms. The fourth-order valence-electron chi connectivity index (χ4n) is 2.98. The van der Waals surface area contributed by atoms with Crippen molar-refractivity contribution in [3.63, 3.8) is 0 Å². The summed E-state index contributed by atoms with van der Waals surface area (Å²) in [5.74, 6) is 0.0323. The van der Waals surface area contributed by atoms with E-state index in [-0.39, 0.29) is 11.4 Å². The van der Waals surface area contributed by atoms with E-state index in [0.29, 0.717) is 45.2 Å². The van der Waals surface area contributed by atoms with Gasteiger partial charge in [0.05, 0.1) is 16.2 Å². The molecule has 12 heteroatoms. The van der Waals surface area contributed by atoms with Crippen LogP contribution in [0.15, 0.2) is 18.2 Å². The number of nitrogens with zero attached hydrogens (tertiary/aromatic N) is 4. The molecule has 1 aromatic carbocycles. The van der Waals surface area contributed by atoms with E-state index >= 15 is 0 Å². The Morgan fingerprint density at radius 3 is 2.29 bits per heavy atom. The molecule has 1 aromatic rings. The molecule has 0 radical (unpaired) electrons. The Balaban J connectivity index is 1.99. The van der Waals surface area contributed by atoms with Gasteiger partial charge in [-0.05, 0) is 25.1 Å². The summed E-state index contributed by atoms with van der Waals surface area (Å²) in [4.78, 5) is 14.2. The number of hydrogen-bond acceptors (Lipinski definition) is 6. The largest absolute Gasteiger partial charge is 0.416 e. The number of rotatable bonds is 7. The lowest BCUT2D eigenvalue weighted by atomic mass is 10.1. The van der Waals surface area contributed by atoms with Crippen LogP contribution in [-0.2, 0) is 16.2 Å². The van der Waals surface area contributed by atoms with E-state index in [9.17, 15) is 31.7 Å². The molecule has 0 unspecified atom stereocenters. The third-order valence-corrected chi connectivity index (χ3v) is 6.56. The van der Waals surface area contributed by atoms with Crippen LogP contribution in [-0.4, -0.2) is 75.1 Å². The average molecular weight is 424 g/mol. The molecule has 28 heavy (non-hydrogen) atoms. The fourth-order valence-corrected chi connectivity index (χ4v) is 3.84. The molecule has 0 N–H and O–H groups in total. The molecule has 158 valence electrons. The van der Waals surface area contributed by atoms with Crippen molar-refractivity contribution in [1.82, 2.24) is 9.21 Å².